The first kappa shape index (κ1) is 19.6. The predicted octanol–water partition coefficient (Wildman–Crippen LogP) is 0.130. The summed E-state index contributed by atoms with van der Waals surface area (Å²) in [6.45, 7) is -1.51. The molecule has 0 amide bonds. The summed E-state index contributed by atoms with van der Waals surface area (Å²) in [4.78, 5) is 20.5. The van der Waals surface area contributed by atoms with Crippen LogP contribution < -0.4 is 0 Å². The minimum absolute atomic E-state index is 0. The Morgan fingerprint density at radius 2 is 1.23 bits per heavy atom. The average Bonchev–Trinajstić information content (AvgIpc) is 2.04. The van der Waals surface area contributed by atoms with E-state index in [0.717, 1.165) is 0 Å². The molecule has 0 aromatic rings. The van der Waals surface area contributed by atoms with Gasteiger partial charge in [0.2, 0.25) is 6.79 Å². The summed E-state index contributed by atoms with van der Waals surface area (Å²) in [6, 6.07) is 0. The van der Waals surface area contributed by atoms with E-state index >= 15 is 0 Å². The summed E-state index contributed by atoms with van der Waals surface area (Å²) in [5.74, 6) is -1.52. The van der Waals surface area contributed by atoms with Gasteiger partial charge in [-0.3, -0.25) is 9.59 Å². The van der Waals surface area contributed by atoms with Crippen LogP contribution in [0.3, 0.4) is 0 Å². The third-order valence-electron chi connectivity index (χ3n) is 0.729. The molecule has 0 saturated heterocycles. The molecule has 2 N–H and O–H groups in total. The zero-order valence-electron chi connectivity index (χ0n) is 6.91. The van der Waals surface area contributed by atoms with Crippen LogP contribution in [0.5, 0.6) is 0 Å². The first-order chi connectivity index (χ1) is 5.20. The van der Waals surface area contributed by atoms with E-state index in [4.69, 9.17) is 11.5 Å². The summed E-state index contributed by atoms with van der Waals surface area (Å²) in [5.41, 5.74) is 13.0. The van der Waals surface area contributed by atoms with Crippen molar-refractivity contribution in [3.63, 3.8) is 0 Å². The molecule has 13 heavy (non-hydrogen) atoms. The van der Waals surface area contributed by atoms with E-state index < -0.39 is 31.8 Å². The van der Waals surface area contributed by atoms with Crippen LogP contribution in [0, 0.1) is 0 Å². The molecule has 0 aliphatic heterocycles. The van der Waals surface area contributed by atoms with Gasteiger partial charge in [-0.15, -0.1) is 0 Å². The van der Waals surface area contributed by atoms with Crippen LogP contribution in [-0.2, 0) is 84.5 Å². The van der Waals surface area contributed by atoms with Gasteiger partial charge in [-0.05, 0) is 13.1 Å². The van der Waals surface area contributed by atoms with E-state index in [1.54, 1.807) is 0 Å². The molecule has 0 aliphatic rings. The van der Waals surface area contributed by atoms with Crippen LogP contribution in [0.4, 0.5) is 0 Å². The number of nitrogens with one attached hydrogen (secondary N) is 2. The van der Waals surface area contributed by atoms with Crippen LogP contribution in [0.1, 0.15) is 0 Å². The van der Waals surface area contributed by atoms with E-state index in [-0.39, 0.29) is 65.4 Å². The Morgan fingerprint density at radius 1 is 0.923 bits per heavy atom. The number of hydrogen-bond donors (Lipinski definition) is 0. The number of esters is 2. The number of carbonyl (C=O) groups is 2. The van der Waals surface area contributed by atoms with Crippen molar-refractivity contribution in [2.45, 2.75) is 0 Å². The first-order valence-electron chi connectivity index (χ1n) is 2.81. The third-order valence-corrected chi connectivity index (χ3v) is 0.729. The Labute approximate surface area is 126 Å². The van der Waals surface area contributed by atoms with Gasteiger partial charge in [-0.25, -0.2) is 0 Å². The smallest absolute Gasteiger partial charge is 0.287 e. The SMILES string of the molecule is [NH-]CC(=O)OCOC(=O)C[NH-].[Y].[Y]. The van der Waals surface area contributed by atoms with Gasteiger partial charge in [-0.2, -0.15) is 0 Å². The van der Waals surface area contributed by atoms with Gasteiger partial charge in [0.05, 0.1) is 0 Å². The second kappa shape index (κ2) is 13.1. The maximum atomic E-state index is 10.2. The van der Waals surface area contributed by atoms with Crippen molar-refractivity contribution in [2.75, 3.05) is 19.9 Å². The monoisotopic (exact) mass is 338 g/mol. The van der Waals surface area contributed by atoms with Crippen LogP contribution in [0.15, 0.2) is 0 Å². The summed E-state index contributed by atoms with van der Waals surface area (Å²) in [7, 11) is 0. The van der Waals surface area contributed by atoms with Crippen molar-refractivity contribution in [3.05, 3.63) is 11.5 Å². The predicted molar refractivity (Wildman–Crippen MR) is 35.4 cm³/mol. The summed E-state index contributed by atoms with van der Waals surface area (Å²) in [6.07, 6.45) is 0. The van der Waals surface area contributed by atoms with Crippen molar-refractivity contribution < 1.29 is 84.5 Å². The third kappa shape index (κ3) is 13.1. The van der Waals surface area contributed by atoms with E-state index in [2.05, 4.69) is 9.47 Å². The van der Waals surface area contributed by atoms with Crippen LogP contribution in [-0.4, -0.2) is 31.8 Å². The zero-order valence-corrected chi connectivity index (χ0v) is 12.6. The Hall–Kier alpha value is 1.07. The molecule has 6 nitrogen and oxygen atoms in total. The fourth-order valence-electron chi connectivity index (χ4n) is 0.263. The first-order valence-corrected chi connectivity index (χ1v) is 2.81. The fraction of sp³-hybridized carbons (Fsp3) is 0.600. The van der Waals surface area contributed by atoms with E-state index in [9.17, 15) is 9.59 Å². The van der Waals surface area contributed by atoms with Crippen molar-refractivity contribution in [1.29, 1.82) is 0 Å². The van der Waals surface area contributed by atoms with Crippen molar-refractivity contribution >= 4 is 11.9 Å². The summed E-state index contributed by atoms with van der Waals surface area (Å²) < 4.78 is 8.42. The topological polar surface area (TPSA) is 100 Å². The molecule has 0 aromatic carbocycles. The molecule has 0 aliphatic carbocycles. The molecular formula is C5H8N2O4Y2-2. The number of carbonyl (C=O) groups excluding carboxylic acids is 2. The van der Waals surface area contributed by atoms with Crippen molar-refractivity contribution in [2.24, 2.45) is 0 Å². The van der Waals surface area contributed by atoms with Gasteiger partial charge in [0.1, 0.15) is 0 Å². The molecule has 0 aromatic heterocycles. The Bertz CT molecular complexity index is 139. The second-order valence-electron chi connectivity index (χ2n) is 1.50. The number of hydrogen-bond acceptors (Lipinski definition) is 4. The van der Waals surface area contributed by atoms with Crippen molar-refractivity contribution in [1.82, 2.24) is 0 Å². The Morgan fingerprint density at radius 3 is 1.46 bits per heavy atom. The molecular weight excluding hydrogens is 330 g/mol. The minimum atomic E-state index is -0.761. The molecule has 0 atom stereocenters. The maximum absolute atomic E-state index is 10.2. The van der Waals surface area contributed by atoms with Gasteiger partial charge in [0.25, 0.3) is 11.9 Å². The van der Waals surface area contributed by atoms with E-state index in [0.29, 0.717) is 0 Å². The second-order valence-corrected chi connectivity index (χ2v) is 1.50. The molecule has 0 spiro atoms. The van der Waals surface area contributed by atoms with Crippen LogP contribution in [0.25, 0.3) is 11.5 Å². The molecule has 0 rings (SSSR count). The molecule has 8 heteroatoms. The largest absolute Gasteiger partial charge is 0.668 e. The van der Waals surface area contributed by atoms with E-state index in [1.165, 1.54) is 0 Å². The molecule has 0 unspecified atom stereocenters. The van der Waals surface area contributed by atoms with E-state index in [1.807, 2.05) is 0 Å². The number of rotatable bonds is 4. The summed E-state index contributed by atoms with van der Waals surface area (Å²) in [5, 5.41) is 0. The van der Waals surface area contributed by atoms with Crippen molar-refractivity contribution in [3.8, 4) is 0 Å². The maximum Gasteiger partial charge on any atom is 0.287 e. The van der Waals surface area contributed by atoms with Gasteiger partial charge >= 0.3 is 0 Å². The number of ether oxygens (including phenoxy) is 2. The molecule has 0 bridgehead atoms. The van der Waals surface area contributed by atoms with Gasteiger partial charge in [-0.1, -0.05) is 0 Å². The average molecular weight is 338 g/mol. The van der Waals surface area contributed by atoms with Crippen LogP contribution >= 0.6 is 0 Å². The minimum Gasteiger partial charge on any atom is -0.668 e. The van der Waals surface area contributed by atoms with Gasteiger partial charge < -0.3 is 20.9 Å². The fourth-order valence-corrected chi connectivity index (χ4v) is 0.263. The Balaban J connectivity index is -0.000000500. The van der Waals surface area contributed by atoms with Gasteiger partial charge in [0.15, 0.2) is 0 Å². The van der Waals surface area contributed by atoms with Crippen LogP contribution in [0.2, 0.25) is 0 Å². The molecule has 0 saturated carbocycles. The molecule has 0 heterocycles. The van der Waals surface area contributed by atoms with Gasteiger partial charge in [0, 0.05) is 65.4 Å². The molecule has 70 valence electrons. The summed E-state index contributed by atoms with van der Waals surface area (Å²) >= 11 is 0. The Kier molecular flexibility index (Phi) is 19.7. The quantitative estimate of drug-likeness (QED) is 0.537. The molecule has 2 radical (unpaired) electrons. The zero-order chi connectivity index (χ0) is 8.69. The standard InChI is InChI=1S/C5H8N2O4.2Y/c6-1-4(8)10-3-11-5(9)2-7;;/h6-7H,1-3H2;;/q-2;;. The molecule has 0 fully saturated rings. The normalized spacial score (nSPS) is 7.54.